The molecule has 0 aliphatic heterocycles. The first-order chi connectivity index (χ1) is 28.2. The second kappa shape index (κ2) is 19.2. The van der Waals surface area contributed by atoms with Crippen LogP contribution in [0.2, 0.25) is 0 Å². The largest absolute Gasteiger partial charge is 0.462 e. The Bertz CT molecular complexity index is 1530. The molecule has 60 heavy (non-hydrogen) atoms. The van der Waals surface area contributed by atoms with Crippen molar-refractivity contribution >= 4 is 11.9 Å². The van der Waals surface area contributed by atoms with Crippen LogP contribution in [0, 0.1) is 69.5 Å². The predicted molar refractivity (Wildman–Crippen MR) is 237 cm³/mol. The molecular weight excluding hydrogens is 753 g/mol. The first-order valence-corrected chi connectivity index (χ1v) is 24.8. The minimum atomic E-state index is -1.03. The van der Waals surface area contributed by atoms with Crippen molar-refractivity contribution in [2.24, 2.45) is 69.5 Å². The summed E-state index contributed by atoms with van der Waals surface area (Å²) in [5.74, 6) is 1.91. The molecule has 8 heteroatoms. The quantitative estimate of drug-likeness (QED) is 0.0841. The summed E-state index contributed by atoms with van der Waals surface area (Å²) in [7, 11) is 0. The Kier molecular flexibility index (Phi) is 15.2. The number of aliphatic hydroxyl groups is 4. The van der Waals surface area contributed by atoms with Gasteiger partial charge in [-0.15, -0.1) is 0 Å². The molecule has 0 saturated heterocycles. The van der Waals surface area contributed by atoms with Crippen molar-refractivity contribution in [3.8, 4) is 0 Å². The van der Waals surface area contributed by atoms with Gasteiger partial charge in [0.15, 0.2) is 0 Å². The maximum atomic E-state index is 13.8. The highest BCUT2D eigenvalue weighted by Gasteiger charge is 2.64. The van der Waals surface area contributed by atoms with Crippen LogP contribution in [0.25, 0.3) is 0 Å². The number of unbranched alkanes of at least 4 members (excludes halogenated alkanes) is 3. The van der Waals surface area contributed by atoms with Crippen LogP contribution >= 0.6 is 0 Å². The SMILES string of the molecule is CCCCCC[C@](C)(O)[C@H]1CCC2C3C[C@H](OC(=O)C[C@H](O)CC(O)CC[C@@H]4[C@@H]5C(=C[C@H](C)C[C@@H]5OC(=O)C(C)(C)CC)C=C[C@@H]4C)[C@H]4C[C@@H](O)CC[C@]4(C)C3CC[C@@]21C. The van der Waals surface area contributed by atoms with Crippen LogP contribution in [-0.4, -0.2) is 68.5 Å². The van der Waals surface area contributed by atoms with E-state index < -0.39 is 35.3 Å². The lowest BCUT2D eigenvalue weighted by atomic mass is 9.43. The molecule has 4 saturated carbocycles. The van der Waals surface area contributed by atoms with Gasteiger partial charge in [0.05, 0.1) is 35.7 Å². The minimum absolute atomic E-state index is 0.0373. The summed E-state index contributed by atoms with van der Waals surface area (Å²) in [4.78, 5) is 27.0. The summed E-state index contributed by atoms with van der Waals surface area (Å²) in [6.45, 7) is 19.5. The van der Waals surface area contributed by atoms with Crippen LogP contribution in [0.3, 0.4) is 0 Å². The number of hydrogen-bond acceptors (Lipinski definition) is 8. The zero-order valence-corrected chi connectivity index (χ0v) is 39.2. The van der Waals surface area contributed by atoms with Gasteiger partial charge in [-0.2, -0.15) is 0 Å². The molecule has 4 N–H and O–H groups in total. The summed E-state index contributed by atoms with van der Waals surface area (Å²) < 4.78 is 12.7. The number of allylic oxidation sites excluding steroid dienone is 3. The van der Waals surface area contributed by atoms with Gasteiger partial charge in [0.1, 0.15) is 12.2 Å². The molecule has 6 aliphatic carbocycles. The van der Waals surface area contributed by atoms with Gasteiger partial charge in [-0.3, -0.25) is 9.59 Å². The predicted octanol–water partition coefficient (Wildman–Crippen LogP) is 10.3. The molecule has 17 atom stereocenters. The summed E-state index contributed by atoms with van der Waals surface area (Å²) in [5.41, 5.74) is -0.00958. The first kappa shape index (κ1) is 47.7. The number of ether oxygens (including phenoxy) is 2. The number of fused-ring (bicyclic) bond motifs is 6. The van der Waals surface area contributed by atoms with Crippen LogP contribution in [-0.2, 0) is 19.1 Å². The molecule has 6 rings (SSSR count). The van der Waals surface area contributed by atoms with E-state index in [2.05, 4.69) is 59.8 Å². The molecule has 4 fully saturated rings. The fraction of sp³-hybridized carbons (Fsp3) is 0.885. The van der Waals surface area contributed by atoms with Gasteiger partial charge in [-0.05, 0) is 168 Å². The molecule has 8 nitrogen and oxygen atoms in total. The Morgan fingerprint density at radius 2 is 1.58 bits per heavy atom. The number of carbonyl (C=O) groups is 2. The van der Waals surface area contributed by atoms with Gasteiger partial charge < -0.3 is 29.9 Å². The minimum Gasteiger partial charge on any atom is -0.462 e. The number of esters is 2. The number of hydrogen-bond donors (Lipinski definition) is 4. The summed E-state index contributed by atoms with van der Waals surface area (Å²) in [6.07, 6.45) is 19.6. The standard InChI is InChI=1S/C52H86O8/c1-10-12-13-14-23-52(9,58)45-20-19-40-39-31-43(42-29-36(54)21-24-50(42,7)41(39)22-25-51(40,45)8)59-46(56)30-37(55)28-35(53)17-18-38-33(4)15-16-34-26-32(3)27-44(47(34)38)60-48(57)49(5,6)11-2/h15-16,26,32-33,35-45,47,53-55,58H,10-14,17-25,27-31H2,1-9H3/t32-,33-,35?,36-,37+,38-,39?,40?,41?,42+,43-,44-,45-,47-,50+,51-,52-/m0/s1. The van der Waals surface area contributed by atoms with Crippen molar-refractivity contribution in [2.75, 3.05) is 0 Å². The second-order valence-corrected chi connectivity index (χ2v) is 22.8. The first-order valence-electron chi connectivity index (χ1n) is 24.8. The van der Waals surface area contributed by atoms with Crippen LogP contribution in [0.1, 0.15) is 184 Å². The van der Waals surface area contributed by atoms with Crippen molar-refractivity contribution in [3.05, 3.63) is 23.8 Å². The Morgan fingerprint density at radius 3 is 2.30 bits per heavy atom. The highest BCUT2D eigenvalue weighted by molar-refractivity contribution is 5.76. The average Bonchev–Trinajstić information content (AvgIpc) is 3.55. The molecule has 0 radical (unpaired) electrons. The smallest absolute Gasteiger partial charge is 0.311 e. The molecule has 0 aromatic rings. The van der Waals surface area contributed by atoms with E-state index in [-0.39, 0.29) is 71.4 Å². The molecule has 0 bridgehead atoms. The monoisotopic (exact) mass is 839 g/mol. The van der Waals surface area contributed by atoms with E-state index in [0.717, 1.165) is 64.2 Å². The number of carbonyl (C=O) groups excluding carboxylic acids is 2. The van der Waals surface area contributed by atoms with Crippen molar-refractivity contribution in [1.29, 1.82) is 0 Å². The van der Waals surface area contributed by atoms with E-state index in [1.807, 2.05) is 20.8 Å². The average molecular weight is 839 g/mol. The van der Waals surface area contributed by atoms with Gasteiger partial charge in [-0.25, -0.2) is 0 Å². The third-order valence-corrected chi connectivity index (χ3v) is 18.3. The zero-order chi connectivity index (χ0) is 43.8. The zero-order valence-electron chi connectivity index (χ0n) is 39.2. The van der Waals surface area contributed by atoms with E-state index in [0.29, 0.717) is 49.4 Å². The van der Waals surface area contributed by atoms with Gasteiger partial charge >= 0.3 is 11.9 Å². The maximum Gasteiger partial charge on any atom is 0.311 e. The lowest BCUT2D eigenvalue weighted by molar-refractivity contribution is -0.198. The molecule has 342 valence electrons. The van der Waals surface area contributed by atoms with Gasteiger partial charge in [-0.1, -0.05) is 85.5 Å². The molecule has 6 aliphatic rings. The second-order valence-electron chi connectivity index (χ2n) is 22.8. The van der Waals surface area contributed by atoms with E-state index in [9.17, 15) is 30.0 Å². The topological polar surface area (TPSA) is 134 Å². The molecular formula is C52H86O8. The summed E-state index contributed by atoms with van der Waals surface area (Å²) in [6, 6.07) is 0. The third-order valence-electron chi connectivity index (χ3n) is 18.3. The Labute approximate surface area is 364 Å². The van der Waals surface area contributed by atoms with E-state index in [1.165, 1.54) is 24.8 Å². The van der Waals surface area contributed by atoms with Crippen LogP contribution < -0.4 is 0 Å². The van der Waals surface area contributed by atoms with Crippen LogP contribution in [0.15, 0.2) is 23.8 Å². The number of aliphatic hydroxyl groups excluding tert-OH is 3. The molecule has 0 heterocycles. The summed E-state index contributed by atoms with van der Waals surface area (Å²) >= 11 is 0. The molecule has 0 spiro atoms. The van der Waals surface area contributed by atoms with Crippen LogP contribution in [0.5, 0.6) is 0 Å². The lowest BCUT2D eigenvalue weighted by Gasteiger charge is -2.63. The van der Waals surface area contributed by atoms with Crippen molar-refractivity contribution < 1.29 is 39.5 Å². The lowest BCUT2D eigenvalue weighted by Crippen LogP contribution is -2.59. The Balaban J connectivity index is 1.07. The van der Waals surface area contributed by atoms with Crippen molar-refractivity contribution in [1.82, 2.24) is 0 Å². The van der Waals surface area contributed by atoms with Gasteiger partial charge in [0.2, 0.25) is 0 Å². The molecule has 0 aromatic carbocycles. The molecule has 0 amide bonds. The highest BCUT2D eigenvalue weighted by Crippen LogP contribution is 2.69. The third kappa shape index (κ3) is 9.97. The summed E-state index contributed by atoms with van der Waals surface area (Å²) in [5, 5.41) is 45.4. The highest BCUT2D eigenvalue weighted by atomic mass is 16.5. The van der Waals surface area contributed by atoms with E-state index in [1.54, 1.807) is 0 Å². The fourth-order valence-corrected chi connectivity index (χ4v) is 14.5. The molecule has 0 aromatic heterocycles. The Morgan fingerprint density at radius 1 is 0.867 bits per heavy atom. The fourth-order valence-electron chi connectivity index (χ4n) is 14.5. The van der Waals surface area contributed by atoms with Crippen molar-refractivity contribution in [2.45, 2.75) is 220 Å². The Hall–Kier alpha value is -1.74. The van der Waals surface area contributed by atoms with E-state index in [4.69, 9.17) is 9.47 Å². The maximum absolute atomic E-state index is 13.8. The normalized spacial score (nSPS) is 40.8. The van der Waals surface area contributed by atoms with Gasteiger partial charge in [0.25, 0.3) is 0 Å². The van der Waals surface area contributed by atoms with E-state index >= 15 is 0 Å². The molecule has 4 unspecified atom stereocenters. The van der Waals surface area contributed by atoms with Crippen LogP contribution in [0.4, 0.5) is 0 Å². The number of rotatable bonds is 17. The van der Waals surface area contributed by atoms with Gasteiger partial charge in [0, 0.05) is 11.8 Å². The van der Waals surface area contributed by atoms with Crippen molar-refractivity contribution in [3.63, 3.8) is 0 Å².